The van der Waals surface area contributed by atoms with Crippen molar-refractivity contribution in [3.05, 3.63) is 84.0 Å². The Morgan fingerprint density at radius 3 is 2.73 bits per heavy atom. The number of nitrogens with one attached hydrogen (secondary N) is 3. The smallest absolute Gasteiger partial charge is 0.247 e. The zero-order chi connectivity index (χ0) is 24.9. The number of hydrogen-bond acceptors (Lipinski definition) is 6. The average Bonchev–Trinajstić information content (AvgIpc) is 3.21. The van der Waals surface area contributed by atoms with E-state index in [2.05, 4.69) is 46.9 Å². The molecule has 0 aliphatic rings. The largest absolute Gasteiger partial charge is 0.337 e. The highest BCUT2D eigenvalue weighted by molar-refractivity contribution is 9.10. The molecule has 0 atom stereocenters. The second kappa shape index (κ2) is 9.61. The lowest BCUT2D eigenvalue weighted by Gasteiger charge is -2.14. The van der Waals surface area contributed by atoms with Crippen LogP contribution in [0.3, 0.4) is 0 Å². The highest BCUT2D eigenvalue weighted by Gasteiger charge is 2.14. The van der Waals surface area contributed by atoms with Crippen molar-refractivity contribution in [3.63, 3.8) is 0 Å². The summed E-state index contributed by atoms with van der Waals surface area (Å²) in [4.78, 5) is 20.8. The molecular formula is C23H19BrFN7O. The Morgan fingerprint density at radius 2 is 2.00 bits per heavy atom. The number of carbonyl (C=O) groups excluding carboxylic acids is 1. The molecular weight excluding hydrogens is 489 g/mol. The summed E-state index contributed by atoms with van der Waals surface area (Å²) in [6.07, 6.45) is 5.82. The van der Waals surface area contributed by atoms with Gasteiger partial charge in [0.15, 0.2) is 0 Å². The summed E-state index contributed by atoms with van der Waals surface area (Å²) >= 11 is 3.42. The molecule has 2 aromatic carbocycles. The van der Waals surface area contributed by atoms with Crippen molar-refractivity contribution in [2.45, 2.75) is 0 Å². The van der Waals surface area contributed by atoms with Gasteiger partial charge in [0.05, 0.1) is 20.3 Å². The van der Waals surface area contributed by atoms with Gasteiger partial charge in [-0.15, -0.1) is 0 Å². The molecule has 2 aromatic heterocycles. The molecule has 4 aromatic rings. The van der Waals surface area contributed by atoms with Gasteiger partial charge in [0.2, 0.25) is 11.9 Å². The van der Waals surface area contributed by atoms with Crippen LogP contribution in [0.25, 0.3) is 11.1 Å². The standard InChI is InChI=1S/C23H19BrFN7O/c1-3-21(33)28-16-8-9-19(25)20(10-16)30-22-18(14-4-6-15(24)7-5-14)12-26-23(31-22)29-17-11-27-32(2)13-17/h3-13H,1H2,2H3,(H,28,33)(H2,26,29,30,31)/i1D2. The summed E-state index contributed by atoms with van der Waals surface area (Å²) in [5.41, 5.74) is 2.45. The Morgan fingerprint density at radius 1 is 1.18 bits per heavy atom. The number of nitrogens with zero attached hydrogens (tertiary/aromatic N) is 4. The maximum Gasteiger partial charge on any atom is 0.247 e. The Balaban J connectivity index is 1.70. The molecule has 0 saturated carbocycles. The predicted molar refractivity (Wildman–Crippen MR) is 130 cm³/mol. The molecule has 3 N–H and O–H groups in total. The number of halogens is 2. The Labute approximate surface area is 200 Å². The molecule has 166 valence electrons. The van der Waals surface area contributed by atoms with Crippen LogP contribution in [-0.4, -0.2) is 25.7 Å². The maximum absolute atomic E-state index is 14.7. The van der Waals surface area contributed by atoms with E-state index in [1.807, 2.05) is 24.3 Å². The van der Waals surface area contributed by atoms with E-state index in [9.17, 15) is 9.18 Å². The molecule has 33 heavy (non-hydrogen) atoms. The van der Waals surface area contributed by atoms with Crippen LogP contribution in [-0.2, 0) is 11.8 Å². The molecule has 0 fully saturated rings. The number of amides is 1. The SMILES string of the molecule is [2H]C([2H])=CC(=O)Nc1ccc(F)c(Nc2nc(Nc3cnn(C)c3)ncc2-c2ccc(Br)cc2)c1. The molecule has 0 bridgehead atoms. The van der Waals surface area contributed by atoms with Crippen molar-refractivity contribution in [2.24, 2.45) is 7.05 Å². The number of carbonyl (C=O) groups is 1. The summed E-state index contributed by atoms with van der Waals surface area (Å²) < 4.78 is 31.4. The maximum atomic E-state index is 14.7. The second-order valence-corrected chi connectivity index (χ2v) is 7.86. The minimum Gasteiger partial charge on any atom is -0.337 e. The molecule has 10 heteroatoms. The van der Waals surface area contributed by atoms with E-state index in [1.165, 1.54) is 18.2 Å². The number of benzene rings is 2. The fourth-order valence-corrected chi connectivity index (χ4v) is 3.26. The van der Waals surface area contributed by atoms with Gasteiger partial charge in [0.1, 0.15) is 11.6 Å². The fraction of sp³-hybridized carbons (Fsp3) is 0.0435. The molecule has 4 rings (SSSR count). The van der Waals surface area contributed by atoms with Crippen LogP contribution in [0.15, 0.2) is 78.1 Å². The molecule has 0 aliphatic heterocycles. The normalized spacial score (nSPS) is 11.2. The molecule has 0 spiro atoms. The van der Waals surface area contributed by atoms with E-state index in [-0.39, 0.29) is 17.3 Å². The van der Waals surface area contributed by atoms with Gasteiger partial charge in [-0.1, -0.05) is 34.6 Å². The first kappa shape index (κ1) is 19.6. The zero-order valence-electron chi connectivity index (χ0n) is 19.3. The van der Waals surface area contributed by atoms with Crippen molar-refractivity contribution >= 4 is 50.7 Å². The minimum absolute atomic E-state index is 0.0631. The van der Waals surface area contributed by atoms with E-state index in [1.54, 1.807) is 30.3 Å². The highest BCUT2D eigenvalue weighted by atomic mass is 79.9. The molecule has 8 nitrogen and oxygen atoms in total. The number of aryl methyl sites for hydroxylation is 1. The monoisotopic (exact) mass is 509 g/mol. The Bertz CT molecular complexity index is 1410. The first-order chi connectivity index (χ1) is 16.8. The van der Waals surface area contributed by atoms with Crippen molar-refractivity contribution in [1.29, 1.82) is 0 Å². The number of anilines is 5. The minimum atomic E-state index is -0.664. The fourth-order valence-electron chi connectivity index (χ4n) is 3.00. The van der Waals surface area contributed by atoms with Gasteiger partial charge in [0, 0.05) is 35.2 Å². The lowest BCUT2D eigenvalue weighted by atomic mass is 10.1. The quantitative estimate of drug-likeness (QED) is 0.289. The van der Waals surface area contributed by atoms with Crippen LogP contribution >= 0.6 is 15.9 Å². The van der Waals surface area contributed by atoms with Gasteiger partial charge in [-0.25, -0.2) is 9.37 Å². The van der Waals surface area contributed by atoms with E-state index < -0.39 is 18.3 Å². The van der Waals surface area contributed by atoms with E-state index in [0.29, 0.717) is 17.1 Å². The molecule has 2 heterocycles. The summed E-state index contributed by atoms with van der Waals surface area (Å²) in [7, 11) is 1.79. The van der Waals surface area contributed by atoms with Crippen LogP contribution in [0.2, 0.25) is 0 Å². The summed E-state index contributed by atoms with van der Waals surface area (Å²) in [5, 5.41) is 12.7. The first-order valence-corrected chi connectivity index (χ1v) is 10.5. The number of aromatic nitrogens is 4. The van der Waals surface area contributed by atoms with Gasteiger partial charge in [-0.3, -0.25) is 9.48 Å². The van der Waals surface area contributed by atoms with Gasteiger partial charge in [-0.2, -0.15) is 10.1 Å². The van der Waals surface area contributed by atoms with Crippen LogP contribution in [0, 0.1) is 5.82 Å². The van der Waals surface area contributed by atoms with Gasteiger partial charge >= 0.3 is 0 Å². The topological polar surface area (TPSA) is 96.8 Å². The van der Waals surface area contributed by atoms with Gasteiger partial charge in [0.25, 0.3) is 0 Å². The third kappa shape index (κ3) is 5.42. The third-order valence-corrected chi connectivity index (χ3v) is 5.05. The van der Waals surface area contributed by atoms with Gasteiger partial charge < -0.3 is 16.0 Å². The molecule has 0 aliphatic carbocycles. The third-order valence-electron chi connectivity index (χ3n) is 4.52. The van der Waals surface area contributed by atoms with Crippen molar-refractivity contribution < 1.29 is 11.9 Å². The number of rotatable bonds is 7. The summed E-state index contributed by atoms with van der Waals surface area (Å²) in [6.45, 7) is -0.642. The van der Waals surface area contributed by atoms with Crippen LogP contribution in [0.1, 0.15) is 2.74 Å². The lowest BCUT2D eigenvalue weighted by molar-refractivity contribution is -0.111. The van der Waals surface area contributed by atoms with Crippen LogP contribution in [0.5, 0.6) is 0 Å². The van der Waals surface area contributed by atoms with E-state index in [0.717, 1.165) is 16.1 Å². The Hall–Kier alpha value is -4.05. The molecule has 0 radical (unpaired) electrons. The highest BCUT2D eigenvalue weighted by Crippen LogP contribution is 2.32. The zero-order valence-corrected chi connectivity index (χ0v) is 18.9. The van der Waals surface area contributed by atoms with Crippen molar-refractivity contribution in [3.8, 4) is 11.1 Å². The molecule has 0 saturated heterocycles. The van der Waals surface area contributed by atoms with Crippen LogP contribution < -0.4 is 16.0 Å². The van der Waals surface area contributed by atoms with E-state index in [4.69, 9.17) is 2.74 Å². The van der Waals surface area contributed by atoms with Crippen molar-refractivity contribution in [2.75, 3.05) is 16.0 Å². The van der Waals surface area contributed by atoms with Crippen LogP contribution in [0.4, 0.5) is 33.2 Å². The predicted octanol–water partition coefficient (Wildman–Crippen LogP) is 5.39. The van der Waals surface area contributed by atoms with Gasteiger partial charge in [-0.05, 0) is 42.0 Å². The molecule has 0 unspecified atom stereocenters. The molecule has 1 amide bonds. The first-order valence-electron chi connectivity index (χ1n) is 10.7. The summed E-state index contributed by atoms with van der Waals surface area (Å²) in [5.74, 6) is -0.629. The lowest BCUT2D eigenvalue weighted by Crippen LogP contribution is -2.08. The Kier molecular flexibility index (Phi) is 5.72. The number of hydrogen-bond donors (Lipinski definition) is 3. The average molecular weight is 510 g/mol. The van der Waals surface area contributed by atoms with E-state index >= 15 is 0 Å². The van der Waals surface area contributed by atoms with Crippen molar-refractivity contribution in [1.82, 2.24) is 19.7 Å². The second-order valence-electron chi connectivity index (χ2n) is 6.94. The summed E-state index contributed by atoms with van der Waals surface area (Å²) in [6, 6.07) is 11.5.